The first-order valence-corrected chi connectivity index (χ1v) is 17.9. The second-order valence-corrected chi connectivity index (χ2v) is 16.6. The van der Waals surface area contributed by atoms with E-state index in [0.29, 0.717) is 22.5 Å². The number of aromatic nitrogens is 2. The van der Waals surface area contributed by atoms with Crippen molar-refractivity contribution in [1.29, 1.82) is 10.5 Å². The van der Waals surface area contributed by atoms with Crippen LogP contribution in [0.2, 0.25) is 0 Å². The van der Waals surface area contributed by atoms with E-state index in [-0.39, 0.29) is 23.5 Å². The Hall–Kier alpha value is -5.24. The van der Waals surface area contributed by atoms with E-state index in [1.54, 1.807) is 95.2 Å². The molecule has 0 radical (unpaired) electrons. The SMILES string of the molecule is CCC(C)c1nc(N(C(=O)OC(C)(C)C)C(=O)OC(C)(C)C)ccc1C#N.CC[C@@H](C)c1nc(N(C(=O)OC(C)(C)C)C(=O)OC(C)(C)C)ccc1C#N. The van der Waals surface area contributed by atoms with E-state index in [2.05, 4.69) is 22.1 Å². The highest BCUT2D eigenvalue weighted by Crippen LogP contribution is 2.28. The lowest BCUT2D eigenvalue weighted by Gasteiger charge is -2.28. The van der Waals surface area contributed by atoms with Gasteiger partial charge in [-0.3, -0.25) is 0 Å². The third kappa shape index (κ3) is 15.0. The minimum absolute atomic E-state index is 0.0151. The van der Waals surface area contributed by atoms with Gasteiger partial charge in [0.2, 0.25) is 0 Å². The smallest absolute Gasteiger partial charge is 0.425 e. The molecule has 4 amide bonds. The summed E-state index contributed by atoms with van der Waals surface area (Å²) in [6, 6.07) is 10.2. The number of amides is 4. The number of imide groups is 2. The van der Waals surface area contributed by atoms with E-state index in [1.165, 1.54) is 12.1 Å². The van der Waals surface area contributed by atoms with Gasteiger partial charge < -0.3 is 18.9 Å². The molecular formula is C40H58N6O8. The van der Waals surface area contributed by atoms with Gasteiger partial charge in [-0.05, 0) is 132 Å². The number of hydrogen-bond donors (Lipinski definition) is 0. The average Bonchev–Trinajstić information content (AvgIpc) is 3.00. The number of carbonyl (C=O) groups is 4. The Labute approximate surface area is 320 Å². The molecular weight excluding hydrogens is 692 g/mol. The van der Waals surface area contributed by atoms with Crippen LogP contribution in [0.5, 0.6) is 0 Å². The molecule has 0 aliphatic carbocycles. The highest BCUT2D eigenvalue weighted by Gasteiger charge is 2.35. The number of anilines is 2. The fourth-order valence-corrected chi connectivity index (χ4v) is 4.26. The van der Waals surface area contributed by atoms with Crippen LogP contribution in [0.3, 0.4) is 0 Å². The molecule has 0 bridgehead atoms. The summed E-state index contributed by atoms with van der Waals surface area (Å²) in [5.41, 5.74) is -1.35. The number of nitrogens with zero attached hydrogens (tertiary/aromatic N) is 6. The molecule has 2 rings (SSSR count). The van der Waals surface area contributed by atoms with Crippen LogP contribution in [0.1, 0.15) is 158 Å². The van der Waals surface area contributed by atoms with Gasteiger partial charge in [0, 0.05) is 0 Å². The highest BCUT2D eigenvalue weighted by atomic mass is 16.6. The van der Waals surface area contributed by atoms with Crippen LogP contribution < -0.4 is 9.80 Å². The van der Waals surface area contributed by atoms with E-state index in [9.17, 15) is 29.7 Å². The Morgan fingerprint density at radius 1 is 0.556 bits per heavy atom. The van der Waals surface area contributed by atoms with Crippen LogP contribution in [0.25, 0.3) is 0 Å². The fourth-order valence-electron chi connectivity index (χ4n) is 4.26. The number of rotatable bonds is 6. The highest BCUT2D eigenvalue weighted by molar-refractivity contribution is 6.09. The van der Waals surface area contributed by atoms with E-state index in [1.807, 2.05) is 27.7 Å². The first kappa shape index (κ1) is 46.8. The molecule has 2 aromatic rings. The molecule has 14 heteroatoms. The maximum absolute atomic E-state index is 12.7. The van der Waals surface area contributed by atoms with Gasteiger partial charge in [0.1, 0.15) is 46.2 Å². The molecule has 0 spiro atoms. The molecule has 1 unspecified atom stereocenters. The molecule has 0 N–H and O–H groups in total. The van der Waals surface area contributed by atoms with Gasteiger partial charge in [-0.1, -0.05) is 27.7 Å². The Bertz CT molecular complexity index is 1550. The average molecular weight is 751 g/mol. The molecule has 0 aromatic carbocycles. The van der Waals surface area contributed by atoms with Gasteiger partial charge >= 0.3 is 24.4 Å². The third-order valence-electron chi connectivity index (χ3n) is 6.98. The van der Waals surface area contributed by atoms with Crippen LogP contribution >= 0.6 is 0 Å². The largest absolute Gasteiger partial charge is 0.443 e. The third-order valence-corrected chi connectivity index (χ3v) is 6.98. The molecule has 0 aliphatic heterocycles. The first-order chi connectivity index (χ1) is 24.6. The molecule has 14 nitrogen and oxygen atoms in total. The van der Waals surface area contributed by atoms with Gasteiger partial charge in [-0.2, -0.15) is 20.3 Å². The summed E-state index contributed by atoms with van der Waals surface area (Å²) in [4.78, 5) is 61.1. The summed E-state index contributed by atoms with van der Waals surface area (Å²) < 4.78 is 21.4. The van der Waals surface area contributed by atoms with Crippen LogP contribution in [-0.4, -0.2) is 56.7 Å². The maximum Gasteiger partial charge on any atom is 0.425 e. The second-order valence-electron chi connectivity index (χ2n) is 16.6. The van der Waals surface area contributed by atoms with Gasteiger partial charge in [-0.15, -0.1) is 0 Å². The van der Waals surface area contributed by atoms with Gasteiger partial charge in [0.15, 0.2) is 0 Å². The normalized spacial score (nSPS) is 12.7. The summed E-state index contributed by atoms with van der Waals surface area (Å²) in [5, 5.41) is 18.7. The molecule has 2 atom stereocenters. The van der Waals surface area contributed by atoms with Crippen molar-refractivity contribution in [2.75, 3.05) is 9.80 Å². The topological polar surface area (TPSA) is 185 Å². The van der Waals surface area contributed by atoms with Crippen LogP contribution in [-0.2, 0) is 18.9 Å². The van der Waals surface area contributed by atoms with Crippen LogP contribution in [0.4, 0.5) is 30.8 Å². The standard InChI is InChI=1S/2C20H29N3O4/c2*1-9-13(2)16-14(12-21)10-11-15(22-16)23(17(24)26-19(3,4)5)18(25)27-20(6,7)8/h2*10-11,13H,9H2,1-8H3/t13-;/m1./s1. The monoisotopic (exact) mass is 750 g/mol. The number of hydrogen-bond acceptors (Lipinski definition) is 12. The molecule has 0 aliphatic rings. The summed E-state index contributed by atoms with van der Waals surface area (Å²) in [6.07, 6.45) is -2.03. The molecule has 296 valence electrons. The number of pyridine rings is 2. The fraction of sp³-hybridized carbons (Fsp3) is 0.600. The lowest BCUT2D eigenvalue weighted by atomic mass is 10.00. The van der Waals surface area contributed by atoms with Crippen molar-refractivity contribution in [3.63, 3.8) is 0 Å². The van der Waals surface area contributed by atoms with E-state index in [0.717, 1.165) is 22.6 Å². The molecule has 0 saturated carbocycles. The lowest BCUT2D eigenvalue weighted by Crippen LogP contribution is -2.44. The molecule has 0 saturated heterocycles. The number of nitriles is 2. The minimum Gasteiger partial charge on any atom is -0.443 e. The molecule has 0 fully saturated rings. The van der Waals surface area contributed by atoms with E-state index >= 15 is 0 Å². The van der Waals surface area contributed by atoms with Crippen LogP contribution in [0.15, 0.2) is 24.3 Å². The Balaban J connectivity index is 0.000000540. The molecule has 2 aromatic heterocycles. The van der Waals surface area contributed by atoms with Crippen molar-refractivity contribution < 1.29 is 38.1 Å². The van der Waals surface area contributed by atoms with Crippen molar-refractivity contribution >= 4 is 36.0 Å². The van der Waals surface area contributed by atoms with Crippen molar-refractivity contribution in [2.45, 2.75) is 158 Å². The Kier molecular flexibility index (Phi) is 16.2. The maximum atomic E-state index is 12.7. The second kappa shape index (κ2) is 18.7. The van der Waals surface area contributed by atoms with Crippen molar-refractivity contribution in [2.24, 2.45) is 0 Å². The van der Waals surface area contributed by atoms with Crippen molar-refractivity contribution in [3.8, 4) is 12.1 Å². The van der Waals surface area contributed by atoms with Crippen molar-refractivity contribution in [1.82, 2.24) is 9.97 Å². The molecule has 54 heavy (non-hydrogen) atoms. The quantitative estimate of drug-likeness (QED) is 0.255. The van der Waals surface area contributed by atoms with Gasteiger partial charge in [-0.25, -0.2) is 29.1 Å². The number of ether oxygens (including phenoxy) is 4. The summed E-state index contributed by atoms with van der Waals surface area (Å²) in [7, 11) is 0. The summed E-state index contributed by atoms with van der Waals surface area (Å²) in [6.45, 7) is 28.2. The lowest BCUT2D eigenvalue weighted by molar-refractivity contribution is 0.0406. The summed E-state index contributed by atoms with van der Waals surface area (Å²) in [5.74, 6) is 0.0954. The first-order valence-electron chi connectivity index (χ1n) is 17.9. The zero-order chi connectivity index (χ0) is 42.0. The van der Waals surface area contributed by atoms with Gasteiger partial charge in [0.25, 0.3) is 0 Å². The zero-order valence-electron chi connectivity index (χ0n) is 34.8. The predicted molar refractivity (Wildman–Crippen MR) is 205 cm³/mol. The van der Waals surface area contributed by atoms with Crippen molar-refractivity contribution in [3.05, 3.63) is 46.8 Å². The van der Waals surface area contributed by atoms with E-state index in [4.69, 9.17) is 18.9 Å². The Morgan fingerprint density at radius 3 is 0.981 bits per heavy atom. The molecule has 2 heterocycles. The summed E-state index contributed by atoms with van der Waals surface area (Å²) >= 11 is 0. The van der Waals surface area contributed by atoms with Gasteiger partial charge in [0.05, 0.1) is 22.5 Å². The predicted octanol–water partition coefficient (Wildman–Crippen LogP) is 10.3. The van der Waals surface area contributed by atoms with E-state index < -0.39 is 46.8 Å². The van der Waals surface area contributed by atoms with Crippen LogP contribution in [0, 0.1) is 22.7 Å². The Morgan fingerprint density at radius 2 is 0.796 bits per heavy atom. The number of carbonyl (C=O) groups excluding carboxylic acids is 4. The zero-order valence-corrected chi connectivity index (χ0v) is 34.8. The minimum atomic E-state index is -0.885.